The van der Waals surface area contributed by atoms with Crippen LogP contribution in [-0.4, -0.2) is 31.5 Å². The van der Waals surface area contributed by atoms with Gasteiger partial charge in [-0.2, -0.15) is 0 Å². The molecule has 0 aliphatic carbocycles. The first-order valence-electron chi connectivity index (χ1n) is 9.78. The number of esters is 1. The lowest BCUT2D eigenvalue weighted by atomic mass is 10.1. The van der Waals surface area contributed by atoms with Crippen LogP contribution in [0.25, 0.3) is 0 Å². The molecular weight excluding hydrogens is 487 g/mol. The normalized spacial score (nSPS) is 10.5. The van der Waals surface area contributed by atoms with E-state index in [4.69, 9.17) is 32.7 Å². The number of rotatable bonds is 7. The maximum atomic E-state index is 13.0. The van der Waals surface area contributed by atoms with Crippen molar-refractivity contribution in [2.45, 2.75) is 13.8 Å². The van der Waals surface area contributed by atoms with Gasteiger partial charge in [0.1, 0.15) is 10.8 Å². The molecular formula is C23H20Cl2N2O5S. The van der Waals surface area contributed by atoms with Gasteiger partial charge in [-0.3, -0.25) is 9.59 Å². The highest BCUT2D eigenvalue weighted by atomic mass is 35.5. The number of carbonyl (C=O) groups is 3. The zero-order valence-electron chi connectivity index (χ0n) is 18.0. The van der Waals surface area contributed by atoms with E-state index >= 15 is 0 Å². The third-order valence-corrected chi connectivity index (χ3v) is 6.64. The van der Waals surface area contributed by atoms with Crippen LogP contribution in [0.3, 0.4) is 0 Å². The third-order valence-electron chi connectivity index (χ3n) is 4.61. The van der Waals surface area contributed by atoms with Crippen molar-refractivity contribution in [3.63, 3.8) is 0 Å². The molecule has 2 N–H and O–H groups in total. The minimum Gasteiger partial charge on any atom is -0.497 e. The SMILES string of the molecule is CCOC(=O)c1c(NC(=O)c2ccc(OC)cc2)sc(C(=O)Nc2cccc(Cl)c2Cl)c1C. The van der Waals surface area contributed by atoms with Crippen molar-refractivity contribution in [2.24, 2.45) is 0 Å². The van der Waals surface area contributed by atoms with E-state index in [1.54, 1.807) is 56.3 Å². The Morgan fingerprint density at radius 3 is 2.33 bits per heavy atom. The fraction of sp³-hybridized carbons (Fsp3) is 0.174. The van der Waals surface area contributed by atoms with Crippen molar-refractivity contribution < 1.29 is 23.9 Å². The van der Waals surface area contributed by atoms with Gasteiger partial charge in [-0.25, -0.2) is 4.79 Å². The predicted octanol–water partition coefficient (Wildman–Crippen LogP) is 6.05. The molecule has 2 aromatic carbocycles. The Labute approximate surface area is 204 Å². The molecule has 3 aromatic rings. The number of carbonyl (C=O) groups excluding carboxylic acids is 3. The van der Waals surface area contributed by atoms with E-state index in [1.807, 2.05) is 0 Å². The van der Waals surface area contributed by atoms with Gasteiger partial charge in [-0.15, -0.1) is 11.3 Å². The Morgan fingerprint density at radius 2 is 1.70 bits per heavy atom. The van der Waals surface area contributed by atoms with Crippen LogP contribution in [-0.2, 0) is 4.74 Å². The van der Waals surface area contributed by atoms with Crippen LogP contribution in [0.1, 0.15) is 42.9 Å². The molecule has 0 spiro atoms. The third kappa shape index (κ3) is 5.47. The summed E-state index contributed by atoms with van der Waals surface area (Å²) in [7, 11) is 1.53. The molecule has 0 atom stereocenters. The number of methoxy groups -OCH3 is 1. The largest absolute Gasteiger partial charge is 0.497 e. The molecule has 1 heterocycles. The maximum absolute atomic E-state index is 13.0. The van der Waals surface area contributed by atoms with Crippen LogP contribution in [0.5, 0.6) is 5.75 Å². The van der Waals surface area contributed by atoms with Crippen LogP contribution in [0.4, 0.5) is 10.7 Å². The lowest BCUT2D eigenvalue weighted by Crippen LogP contribution is -2.15. The fourth-order valence-corrected chi connectivity index (χ4v) is 4.40. The van der Waals surface area contributed by atoms with Crippen molar-refractivity contribution in [1.82, 2.24) is 0 Å². The summed E-state index contributed by atoms with van der Waals surface area (Å²) in [6.45, 7) is 3.42. The summed E-state index contributed by atoms with van der Waals surface area (Å²) < 4.78 is 10.2. The summed E-state index contributed by atoms with van der Waals surface area (Å²) >= 11 is 13.1. The average molecular weight is 507 g/mol. The molecule has 0 bridgehead atoms. The van der Waals surface area contributed by atoms with Crippen LogP contribution in [0.15, 0.2) is 42.5 Å². The Morgan fingerprint density at radius 1 is 1.00 bits per heavy atom. The second kappa shape index (κ2) is 10.7. The standard InChI is InChI=1S/C23H20Cl2N2O5S/c1-4-32-23(30)17-12(2)19(21(29)26-16-7-5-6-15(24)18(16)25)33-22(17)27-20(28)13-8-10-14(31-3)11-9-13/h5-11H,4H2,1-3H3,(H,26,29)(H,27,28). The number of amides is 2. The zero-order chi connectivity index (χ0) is 24.1. The first-order valence-corrected chi connectivity index (χ1v) is 11.3. The fourth-order valence-electron chi connectivity index (χ4n) is 2.96. The Hall–Kier alpha value is -3.07. The lowest BCUT2D eigenvalue weighted by Gasteiger charge is -2.08. The molecule has 172 valence electrons. The highest BCUT2D eigenvalue weighted by molar-refractivity contribution is 7.19. The highest BCUT2D eigenvalue weighted by Crippen LogP contribution is 2.36. The van der Waals surface area contributed by atoms with Crippen molar-refractivity contribution in [3.8, 4) is 5.75 Å². The van der Waals surface area contributed by atoms with Gasteiger partial charge in [0.05, 0.1) is 39.9 Å². The molecule has 0 unspecified atom stereocenters. The molecule has 3 rings (SSSR count). The number of ether oxygens (including phenoxy) is 2. The minimum atomic E-state index is -0.642. The summed E-state index contributed by atoms with van der Waals surface area (Å²) in [5.41, 5.74) is 1.17. The number of thiophene rings is 1. The van der Waals surface area contributed by atoms with E-state index in [0.717, 1.165) is 11.3 Å². The minimum absolute atomic E-state index is 0.117. The molecule has 0 saturated carbocycles. The van der Waals surface area contributed by atoms with E-state index in [0.29, 0.717) is 22.6 Å². The summed E-state index contributed by atoms with van der Waals surface area (Å²) in [5.74, 6) is -0.994. The number of hydrogen-bond donors (Lipinski definition) is 2. The number of anilines is 2. The van der Waals surface area contributed by atoms with E-state index in [1.165, 1.54) is 7.11 Å². The van der Waals surface area contributed by atoms with Crippen LogP contribution >= 0.6 is 34.5 Å². The number of halogens is 2. The summed E-state index contributed by atoms with van der Waals surface area (Å²) in [5, 5.41) is 6.10. The number of hydrogen-bond acceptors (Lipinski definition) is 6. The van der Waals surface area contributed by atoms with Gasteiger partial charge in [0, 0.05) is 5.56 Å². The average Bonchev–Trinajstić information content (AvgIpc) is 3.12. The first kappa shape index (κ1) is 24.6. The van der Waals surface area contributed by atoms with Crippen LogP contribution < -0.4 is 15.4 Å². The molecule has 0 fully saturated rings. The van der Waals surface area contributed by atoms with E-state index in [2.05, 4.69) is 10.6 Å². The first-order chi connectivity index (χ1) is 15.8. The molecule has 1 aromatic heterocycles. The summed E-state index contributed by atoms with van der Waals surface area (Å²) in [6.07, 6.45) is 0. The molecule has 0 aliphatic rings. The van der Waals surface area contributed by atoms with E-state index in [9.17, 15) is 14.4 Å². The number of nitrogens with one attached hydrogen (secondary N) is 2. The van der Waals surface area contributed by atoms with E-state index < -0.39 is 17.8 Å². The zero-order valence-corrected chi connectivity index (χ0v) is 20.3. The molecule has 7 nitrogen and oxygen atoms in total. The number of benzene rings is 2. The molecule has 33 heavy (non-hydrogen) atoms. The van der Waals surface area contributed by atoms with E-state index in [-0.39, 0.29) is 32.1 Å². The predicted molar refractivity (Wildman–Crippen MR) is 130 cm³/mol. The van der Waals surface area contributed by atoms with Gasteiger partial charge in [0.15, 0.2) is 0 Å². The molecule has 10 heteroatoms. The van der Waals surface area contributed by atoms with Crippen molar-refractivity contribution in [3.05, 3.63) is 74.1 Å². The summed E-state index contributed by atoms with van der Waals surface area (Å²) in [4.78, 5) is 38.6. The molecule has 2 amide bonds. The second-order valence-electron chi connectivity index (χ2n) is 6.72. The Kier molecular flexibility index (Phi) is 7.97. The van der Waals surface area contributed by atoms with Gasteiger partial charge in [-0.05, 0) is 55.8 Å². The second-order valence-corrected chi connectivity index (χ2v) is 8.52. The van der Waals surface area contributed by atoms with Crippen molar-refractivity contribution >= 4 is 63.0 Å². The topological polar surface area (TPSA) is 93.7 Å². The quantitative estimate of drug-likeness (QED) is 0.380. The monoisotopic (exact) mass is 506 g/mol. The van der Waals surface area contributed by atoms with Gasteiger partial charge in [0.2, 0.25) is 0 Å². The Bertz CT molecular complexity index is 1210. The molecule has 0 aliphatic heterocycles. The molecule has 0 radical (unpaired) electrons. The maximum Gasteiger partial charge on any atom is 0.341 e. The smallest absolute Gasteiger partial charge is 0.341 e. The van der Waals surface area contributed by atoms with Crippen molar-refractivity contribution in [2.75, 3.05) is 24.4 Å². The van der Waals surface area contributed by atoms with Gasteiger partial charge >= 0.3 is 5.97 Å². The van der Waals surface area contributed by atoms with Gasteiger partial charge in [-0.1, -0.05) is 29.3 Å². The van der Waals surface area contributed by atoms with Crippen molar-refractivity contribution in [1.29, 1.82) is 0 Å². The lowest BCUT2D eigenvalue weighted by molar-refractivity contribution is 0.0527. The Balaban J connectivity index is 1.94. The highest BCUT2D eigenvalue weighted by Gasteiger charge is 2.27. The van der Waals surface area contributed by atoms with Crippen LogP contribution in [0, 0.1) is 6.92 Å². The summed E-state index contributed by atoms with van der Waals surface area (Å²) in [6, 6.07) is 11.3. The van der Waals surface area contributed by atoms with Crippen LogP contribution in [0.2, 0.25) is 10.0 Å². The molecule has 0 saturated heterocycles. The van der Waals surface area contributed by atoms with Gasteiger partial charge in [0.25, 0.3) is 11.8 Å². The van der Waals surface area contributed by atoms with Gasteiger partial charge < -0.3 is 20.1 Å².